The van der Waals surface area contributed by atoms with Gasteiger partial charge in [-0.3, -0.25) is 9.59 Å². The molecule has 0 heterocycles. The number of hydrogen-bond donors (Lipinski definition) is 1. The highest BCUT2D eigenvalue weighted by atomic mass is 35.5. The molecule has 0 fully saturated rings. The highest BCUT2D eigenvalue weighted by Gasteiger charge is 2.30. The maximum atomic E-state index is 13.3. The van der Waals surface area contributed by atoms with Crippen molar-refractivity contribution in [3.63, 3.8) is 0 Å². The van der Waals surface area contributed by atoms with Gasteiger partial charge in [-0.15, -0.1) is 0 Å². The van der Waals surface area contributed by atoms with E-state index < -0.39 is 17.8 Å². The quantitative estimate of drug-likeness (QED) is 0.466. The number of rotatable bonds is 9. The van der Waals surface area contributed by atoms with Crippen molar-refractivity contribution in [1.82, 2.24) is 10.2 Å². The molecule has 33 heavy (non-hydrogen) atoms. The molecule has 1 N–H and O–H groups in total. The lowest BCUT2D eigenvalue weighted by atomic mass is 10.0. The van der Waals surface area contributed by atoms with Crippen LogP contribution in [0.15, 0.2) is 72.8 Å². The van der Waals surface area contributed by atoms with Gasteiger partial charge >= 0.3 is 0 Å². The van der Waals surface area contributed by atoms with E-state index in [1.807, 2.05) is 30.3 Å². The largest absolute Gasteiger partial charge is 0.484 e. The third-order valence-electron chi connectivity index (χ3n) is 5.05. The van der Waals surface area contributed by atoms with Gasteiger partial charge in [-0.05, 0) is 47.5 Å². The lowest BCUT2D eigenvalue weighted by Crippen LogP contribution is -2.51. The van der Waals surface area contributed by atoms with E-state index in [0.717, 1.165) is 5.56 Å². The minimum absolute atomic E-state index is 0.0759. The summed E-state index contributed by atoms with van der Waals surface area (Å²) in [4.78, 5) is 27.6. The predicted molar refractivity (Wildman–Crippen MR) is 127 cm³/mol. The summed E-state index contributed by atoms with van der Waals surface area (Å²) < 4.78 is 18.7. The van der Waals surface area contributed by atoms with Crippen LogP contribution in [0.5, 0.6) is 5.75 Å². The van der Waals surface area contributed by atoms with Gasteiger partial charge in [0.05, 0.1) is 0 Å². The van der Waals surface area contributed by atoms with Crippen molar-refractivity contribution in [3.05, 3.63) is 99.8 Å². The summed E-state index contributed by atoms with van der Waals surface area (Å²) in [6, 6.07) is 18.9. The van der Waals surface area contributed by atoms with Crippen LogP contribution >= 0.6 is 23.2 Å². The molecule has 5 nitrogen and oxygen atoms in total. The number of likely N-dealkylation sites (N-methyl/N-ethyl adjacent to an activating group) is 1. The van der Waals surface area contributed by atoms with Crippen molar-refractivity contribution in [1.29, 1.82) is 0 Å². The van der Waals surface area contributed by atoms with E-state index in [1.165, 1.54) is 36.2 Å². The van der Waals surface area contributed by atoms with Gasteiger partial charge in [-0.1, -0.05) is 59.6 Å². The first-order valence-electron chi connectivity index (χ1n) is 10.2. The van der Waals surface area contributed by atoms with Crippen molar-refractivity contribution < 1.29 is 18.7 Å². The summed E-state index contributed by atoms with van der Waals surface area (Å²) in [5.74, 6) is -0.807. The number of carbonyl (C=O) groups is 2. The van der Waals surface area contributed by atoms with E-state index in [-0.39, 0.29) is 19.1 Å². The molecule has 0 bridgehead atoms. The summed E-state index contributed by atoms with van der Waals surface area (Å²) in [6.45, 7) is -0.258. The Morgan fingerprint density at radius 1 is 1.03 bits per heavy atom. The van der Waals surface area contributed by atoms with Gasteiger partial charge in [0, 0.05) is 30.1 Å². The Hall–Kier alpha value is -3.09. The number of ether oxygens (including phenoxy) is 1. The molecule has 3 aromatic carbocycles. The van der Waals surface area contributed by atoms with Gasteiger partial charge < -0.3 is 15.0 Å². The molecule has 0 aromatic heterocycles. The van der Waals surface area contributed by atoms with E-state index in [0.29, 0.717) is 27.8 Å². The molecule has 8 heteroatoms. The van der Waals surface area contributed by atoms with Crippen molar-refractivity contribution in [2.75, 3.05) is 13.7 Å². The molecule has 0 aliphatic carbocycles. The fraction of sp³-hybridized carbons (Fsp3) is 0.200. The number of hydrogen-bond acceptors (Lipinski definition) is 3. The zero-order valence-corrected chi connectivity index (χ0v) is 19.4. The molecule has 172 valence electrons. The van der Waals surface area contributed by atoms with E-state index in [1.54, 1.807) is 18.2 Å². The monoisotopic (exact) mass is 488 g/mol. The Labute approximate surface area is 202 Å². The highest BCUT2D eigenvalue weighted by molar-refractivity contribution is 6.35. The normalized spacial score (nSPS) is 11.5. The molecular weight excluding hydrogens is 466 g/mol. The Kier molecular flexibility index (Phi) is 8.69. The molecule has 0 aliphatic rings. The van der Waals surface area contributed by atoms with Crippen LogP contribution in [0, 0.1) is 5.82 Å². The van der Waals surface area contributed by atoms with Crippen LogP contribution in [0.2, 0.25) is 10.0 Å². The number of nitrogens with one attached hydrogen (secondary N) is 1. The number of nitrogens with zero attached hydrogens (tertiary/aromatic N) is 1. The van der Waals surface area contributed by atoms with E-state index in [4.69, 9.17) is 27.9 Å². The minimum Gasteiger partial charge on any atom is -0.484 e. The molecular formula is C25H23Cl2FN2O3. The second-order valence-corrected chi connectivity index (χ2v) is 8.16. The molecule has 2 amide bonds. The van der Waals surface area contributed by atoms with Crippen molar-refractivity contribution in [2.45, 2.75) is 19.0 Å². The maximum absolute atomic E-state index is 13.3. The number of benzene rings is 3. The number of halogens is 3. The molecule has 0 radical (unpaired) electrons. The molecule has 3 rings (SSSR count). The molecule has 0 unspecified atom stereocenters. The fourth-order valence-electron chi connectivity index (χ4n) is 3.31. The first-order valence-corrected chi connectivity index (χ1v) is 11.0. The van der Waals surface area contributed by atoms with Crippen LogP contribution in [-0.4, -0.2) is 36.4 Å². The van der Waals surface area contributed by atoms with Crippen LogP contribution in [-0.2, 0) is 22.6 Å². The molecule has 0 spiro atoms. The van der Waals surface area contributed by atoms with Gasteiger partial charge in [0.2, 0.25) is 5.91 Å². The Balaban J connectivity index is 1.89. The van der Waals surface area contributed by atoms with Crippen molar-refractivity contribution in [2.24, 2.45) is 0 Å². The highest BCUT2D eigenvalue weighted by Crippen LogP contribution is 2.24. The van der Waals surface area contributed by atoms with Crippen LogP contribution < -0.4 is 10.1 Å². The first kappa shape index (κ1) is 24.6. The lowest BCUT2D eigenvalue weighted by Gasteiger charge is -2.31. The van der Waals surface area contributed by atoms with Gasteiger partial charge in [-0.25, -0.2) is 4.39 Å². The molecule has 3 aromatic rings. The summed E-state index contributed by atoms with van der Waals surface area (Å²) in [7, 11) is 1.52. The first-order chi connectivity index (χ1) is 15.9. The summed E-state index contributed by atoms with van der Waals surface area (Å²) >= 11 is 12.4. The average molecular weight is 489 g/mol. The molecule has 1 atom stereocenters. The van der Waals surface area contributed by atoms with Gasteiger partial charge in [0.1, 0.15) is 17.6 Å². The zero-order valence-electron chi connectivity index (χ0n) is 17.9. The van der Waals surface area contributed by atoms with Crippen LogP contribution in [0.4, 0.5) is 4.39 Å². The number of carbonyl (C=O) groups excluding carboxylic acids is 2. The fourth-order valence-corrected chi connectivity index (χ4v) is 3.78. The van der Waals surface area contributed by atoms with Crippen molar-refractivity contribution in [3.8, 4) is 5.75 Å². The van der Waals surface area contributed by atoms with Crippen LogP contribution in [0.1, 0.15) is 11.1 Å². The molecule has 0 saturated heterocycles. The standard InChI is InChI=1S/C25H23Cl2FN2O3/c1-29-25(32)23(13-17-5-3-2-4-6-17)30(15-18-7-8-19(26)14-22(18)27)24(31)16-33-21-11-9-20(28)10-12-21/h2-12,14,23H,13,15-16H2,1H3,(H,29,32)/t23-/m0/s1. The van der Waals surface area contributed by atoms with E-state index in [9.17, 15) is 14.0 Å². The predicted octanol–water partition coefficient (Wildman–Crippen LogP) is 4.90. The van der Waals surface area contributed by atoms with Crippen LogP contribution in [0.25, 0.3) is 0 Å². The Morgan fingerprint density at radius 2 is 1.73 bits per heavy atom. The smallest absolute Gasteiger partial charge is 0.261 e. The Bertz CT molecular complexity index is 1090. The van der Waals surface area contributed by atoms with E-state index >= 15 is 0 Å². The van der Waals surface area contributed by atoms with Crippen molar-refractivity contribution >= 4 is 35.0 Å². The SMILES string of the molecule is CNC(=O)[C@H](Cc1ccccc1)N(Cc1ccc(Cl)cc1Cl)C(=O)COc1ccc(F)cc1. The summed E-state index contributed by atoms with van der Waals surface area (Å²) in [5, 5.41) is 3.49. The van der Waals surface area contributed by atoms with E-state index in [2.05, 4.69) is 5.32 Å². The Morgan fingerprint density at radius 3 is 2.36 bits per heavy atom. The third-order valence-corrected chi connectivity index (χ3v) is 5.64. The molecule has 0 aliphatic heterocycles. The van der Waals surface area contributed by atoms with Gasteiger partial charge in [0.25, 0.3) is 5.91 Å². The second kappa shape index (κ2) is 11.7. The van der Waals surface area contributed by atoms with Gasteiger partial charge in [-0.2, -0.15) is 0 Å². The second-order valence-electron chi connectivity index (χ2n) is 7.32. The number of amides is 2. The third kappa shape index (κ3) is 6.94. The van der Waals surface area contributed by atoms with Crippen LogP contribution in [0.3, 0.4) is 0 Å². The zero-order chi connectivity index (χ0) is 23.8. The summed E-state index contributed by atoms with van der Waals surface area (Å²) in [6.07, 6.45) is 0.300. The maximum Gasteiger partial charge on any atom is 0.261 e. The lowest BCUT2D eigenvalue weighted by molar-refractivity contribution is -0.142. The average Bonchev–Trinajstić information content (AvgIpc) is 2.82. The topological polar surface area (TPSA) is 58.6 Å². The van der Waals surface area contributed by atoms with Gasteiger partial charge in [0.15, 0.2) is 6.61 Å². The summed E-state index contributed by atoms with van der Waals surface area (Å²) in [5.41, 5.74) is 1.53. The molecule has 0 saturated carbocycles. The minimum atomic E-state index is -0.812.